The number of benzene rings is 1. The van der Waals surface area contributed by atoms with Gasteiger partial charge in [0.2, 0.25) is 0 Å². The number of nitrogens with zero attached hydrogens (tertiary/aromatic N) is 4. The monoisotopic (exact) mass is 384 g/mol. The molecule has 0 amide bonds. The van der Waals surface area contributed by atoms with Crippen molar-refractivity contribution < 1.29 is 0 Å². The van der Waals surface area contributed by atoms with Gasteiger partial charge < -0.3 is 4.57 Å². The quantitative estimate of drug-likeness (QED) is 0.651. The summed E-state index contributed by atoms with van der Waals surface area (Å²) in [5, 5.41) is 1.79. The number of halogens is 2. The molecule has 2 heterocycles. The fraction of sp³-hybridized carbons (Fsp3) is 0.267. The van der Waals surface area contributed by atoms with E-state index < -0.39 is 5.56 Å². The van der Waals surface area contributed by atoms with Gasteiger partial charge >= 0.3 is 5.69 Å². The summed E-state index contributed by atoms with van der Waals surface area (Å²) >= 11 is 13.5. The van der Waals surface area contributed by atoms with Crippen LogP contribution in [0.5, 0.6) is 0 Å². The van der Waals surface area contributed by atoms with E-state index in [9.17, 15) is 9.59 Å². The highest BCUT2D eigenvalue weighted by molar-refractivity contribution is 7.98. The van der Waals surface area contributed by atoms with Gasteiger partial charge in [0.05, 0.1) is 0 Å². The molecule has 9 heteroatoms. The standard InChI is InChI=1S/C15H14Cl2N4O2S/c1-19-12-11(13(22)21(3)15(23)20(12)2)18-14(19)24-7-8-4-5-9(16)6-10(8)17/h4-6H,7H2,1-3H3. The van der Waals surface area contributed by atoms with Crippen molar-refractivity contribution in [2.45, 2.75) is 10.9 Å². The van der Waals surface area contributed by atoms with Gasteiger partial charge in [0.25, 0.3) is 5.56 Å². The molecule has 0 aliphatic carbocycles. The molecule has 0 atom stereocenters. The average molecular weight is 385 g/mol. The Hall–Kier alpha value is -1.70. The second-order valence-electron chi connectivity index (χ2n) is 5.36. The van der Waals surface area contributed by atoms with Crippen molar-refractivity contribution in [1.82, 2.24) is 18.7 Å². The first-order chi connectivity index (χ1) is 11.3. The molecule has 1 aromatic carbocycles. The second-order valence-corrected chi connectivity index (χ2v) is 7.14. The Labute approximate surface area is 151 Å². The Balaban J connectivity index is 2.04. The van der Waals surface area contributed by atoms with Crippen LogP contribution in [-0.2, 0) is 26.9 Å². The van der Waals surface area contributed by atoms with Crippen molar-refractivity contribution in [3.63, 3.8) is 0 Å². The normalized spacial score (nSPS) is 11.4. The lowest BCUT2D eigenvalue weighted by atomic mass is 10.2. The average Bonchev–Trinajstić information content (AvgIpc) is 2.87. The van der Waals surface area contributed by atoms with Crippen LogP contribution in [0.25, 0.3) is 11.2 Å². The Morgan fingerprint density at radius 2 is 1.79 bits per heavy atom. The smallest absolute Gasteiger partial charge is 0.308 e. The van der Waals surface area contributed by atoms with Gasteiger partial charge in [-0.05, 0) is 17.7 Å². The first-order valence-corrected chi connectivity index (χ1v) is 8.74. The lowest BCUT2D eigenvalue weighted by molar-refractivity contribution is 0.690. The first-order valence-electron chi connectivity index (χ1n) is 7.00. The Morgan fingerprint density at radius 1 is 1.08 bits per heavy atom. The molecule has 0 unspecified atom stereocenters. The maximum atomic E-state index is 12.3. The fourth-order valence-electron chi connectivity index (χ4n) is 2.47. The number of aromatic nitrogens is 4. The molecule has 0 saturated carbocycles. The van der Waals surface area contributed by atoms with Gasteiger partial charge in [0, 0.05) is 36.9 Å². The van der Waals surface area contributed by atoms with Crippen molar-refractivity contribution in [3.8, 4) is 0 Å². The van der Waals surface area contributed by atoms with Crippen LogP contribution in [-0.4, -0.2) is 18.7 Å². The number of rotatable bonds is 3. The number of imidazole rings is 1. The summed E-state index contributed by atoms with van der Waals surface area (Å²) in [6.45, 7) is 0. The van der Waals surface area contributed by atoms with E-state index in [2.05, 4.69) is 4.98 Å². The van der Waals surface area contributed by atoms with E-state index in [1.807, 2.05) is 6.07 Å². The number of thioether (sulfide) groups is 1. The molecule has 0 N–H and O–H groups in total. The van der Waals surface area contributed by atoms with Gasteiger partial charge in [-0.2, -0.15) is 0 Å². The van der Waals surface area contributed by atoms with Gasteiger partial charge in [0.15, 0.2) is 16.3 Å². The van der Waals surface area contributed by atoms with E-state index in [0.717, 1.165) is 10.1 Å². The summed E-state index contributed by atoms with van der Waals surface area (Å²) in [5.74, 6) is 0.571. The zero-order valence-electron chi connectivity index (χ0n) is 13.2. The molecule has 0 fully saturated rings. The SMILES string of the molecule is Cn1c(=O)c2nc(SCc3ccc(Cl)cc3Cl)n(C)c2n(C)c1=O. The number of hydrogen-bond acceptors (Lipinski definition) is 4. The van der Waals surface area contributed by atoms with Crippen LogP contribution in [0.15, 0.2) is 32.9 Å². The highest BCUT2D eigenvalue weighted by Gasteiger charge is 2.17. The molecule has 0 bridgehead atoms. The van der Waals surface area contributed by atoms with E-state index in [0.29, 0.717) is 26.6 Å². The molecule has 0 saturated heterocycles. The lowest BCUT2D eigenvalue weighted by Crippen LogP contribution is -2.37. The molecule has 24 heavy (non-hydrogen) atoms. The van der Waals surface area contributed by atoms with E-state index in [4.69, 9.17) is 23.2 Å². The minimum atomic E-state index is -0.403. The molecule has 3 rings (SSSR count). The van der Waals surface area contributed by atoms with Crippen LogP contribution in [0.1, 0.15) is 5.56 Å². The predicted octanol–water partition coefficient (Wildman–Crippen LogP) is 2.57. The summed E-state index contributed by atoms with van der Waals surface area (Å²) in [7, 11) is 4.84. The van der Waals surface area contributed by atoms with Gasteiger partial charge in [-0.15, -0.1) is 0 Å². The first kappa shape index (κ1) is 17.1. The number of aryl methyl sites for hydroxylation is 2. The van der Waals surface area contributed by atoms with Crippen LogP contribution < -0.4 is 11.2 Å². The molecule has 0 aliphatic heterocycles. The van der Waals surface area contributed by atoms with E-state index in [1.165, 1.54) is 23.4 Å². The molecule has 0 aliphatic rings. The largest absolute Gasteiger partial charge is 0.332 e. The number of fused-ring (bicyclic) bond motifs is 1. The summed E-state index contributed by atoms with van der Waals surface area (Å²) in [6.07, 6.45) is 0. The van der Waals surface area contributed by atoms with Crippen LogP contribution >= 0.6 is 35.0 Å². The maximum absolute atomic E-state index is 12.3. The Bertz CT molecular complexity index is 1070. The topological polar surface area (TPSA) is 61.8 Å². The van der Waals surface area contributed by atoms with E-state index in [-0.39, 0.29) is 11.2 Å². The van der Waals surface area contributed by atoms with Gasteiger partial charge in [-0.3, -0.25) is 13.9 Å². The molecule has 0 spiro atoms. The zero-order chi connectivity index (χ0) is 17.6. The van der Waals surface area contributed by atoms with Gasteiger partial charge in [0.1, 0.15) is 0 Å². The molecule has 6 nitrogen and oxygen atoms in total. The summed E-state index contributed by atoms with van der Waals surface area (Å²) in [6, 6.07) is 5.32. The van der Waals surface area contributed by atoms with E-state index in [1.54, 1.807) is 30.8 Å². The third kappa shape index (κ3) is 2.76. The number of hydrogen-bond donors (Lipinski definition) is 0. The zero-order valence-corrected chi connectivity index (χ0v) is 15.5. The third-order valence-corrected chi connectivity index (χ3v) is 5.46. The molecule has 0 radical (unpaired) electrons. The van der Waals surface area contributed by atoms with Crippen LogP contribution in [0.3, 0.4) is 0 Å². The Kier molecular flexibility index (Phi) is 4.50. The second kappa shape index (κ2) is 6.31. The summed E-state index contributed by atoms with van der Waals surface area (Å²) in [4.78, 5) is 28.7. The highest BCUT2D eigenvalue weighted by Crippen LogP contribution is 2.28. The van der Waals surface area contributed by atoms with Crippen molar-refractivity contribution in [3.05, 3.63) is 54.6 Å². The molecule has 126 valence electrons. The predicted molar refractivity (Wildman–Crippen MR) is 97.2 cm³/mol. The minimum Gasteiger partial charge on any atom is -0.308 e. The summed E-state index contributed by atoms with van der Waals surface area (Å²) < 4.78 is 4.22. The van der Waals surface area contributed by atoms with Crippen molar-refractivity contribution >= 4 is 46.1 Å². The minimum absolute atomic E-state index is 0.270. The van der Waals surface area contributed by atoms with Crippen LogP contribution in [0, 0.1) is 0 Å². The van der Waals surface area contributed by atoms with Crippen molar-refractivity contribution in [2.75, 3.05) is 0 Å². The molecular weight excluding hydrogens is 371 g/mol. The molecule has 3 aromatic rings. The highest BCUT2D eigenvalue weighted by atomic mass is 35.5. The van der Waals surface area contributed by atoms with Crippen molar-refractivity contribution in [1.29, 1.82) is 0 Å². The molecular formula is C15H14Cl2N4O2S. The van der Waals surface area contributed by atoms with Crippen LogP contribution in [0.2, 0.25) is 10.0 Å². The lowest BCUT2D eigenvalue weighted by Gasteiger charge is -2.07. The van der Waals surface area contributed by atoms with E-state index >= 15 is 0 Å². The third-order valence-electron chi connectivity index (χ3n) is 3.79. The molecule has 2 aromatic heterocycles. The van der Waals surface area contributed by atoms with Crippen molar-refractivity contribution in [2.24, 2.45) is 21.1 Å². The van der Waals surface area contributed by atoms with Crippen LogP contribution in [0.4, 0.5) is 0 Å². The summed E-state index contributed by atoms with van der Waals surface area (Å²) in [5.41, 5.74) is 0.896. The fourth-order valence-corrected chi connectivity index (χ4v) is 4.00. The Morgan fingerprint density at radius 3 is 2.46 bits per heavy atom. The van der Waals surface area contributed by atoms with Gasteiger partial charge in [-0.25, -0.2) is 9.78 Å². The maximum Gasteiger partial charge on any atom is 0.332 e. The van der Waals surface area contributed by atoms with Gasteiger partial charge in [-0.1, -0.05) is 41.0 Å².